The molecule has 0 aromatic heterocycles. The summed E-state index contributed by atoms with van der Waals surface area (Å²) in [4.78, 5) is 25.7. The number of amides is 1. The summed E-state index contributed by atoms with van der Waals surface area (Å²) in [5, 5.41) is 0. The van der Waals surface area contributed by atoms with Gasteiger partial charge < -0.3 is 9.64 Å². The monoisotopic (exact) mass is 317 g/mol. The maximum atomic E-state index is 12.4. The average Bonchev–Trinajstić information content (AvgIpc) is 2.58. The van der Waals surface area contributed by atoms with E-state index in [1.54, 1.807) is 0 Å². The zero-order chi connectivity index (χ0) is 16.5. The first kappa shape index (κ1) is 17.5. The Kier molecular flexibility index (Phi) is 7.11. The summed E-state index contributed by atoms with van der Waals surface area (Å²) < 4.78 is 5.49. The summed E-state index contributed by atoms with van der Waals surface area (Å²) in [6.07, 6.45) is 5.24. The van der Waals surface area contributed by atoms with Crippen LogP contribution in [0.4, 0.5) is 4.79 Å². The number of hydrogen-bond acceptors (Lipinski definition) is 3. The van der Waals surface area contributed by atoms with Crippen LogP contribution in [0, 0.1) is 0 Å². The number of carbonyl (C=O) groups is 2. The molecule has 1 aromatic rings. The van der Waals surface area contributed by atoms with Crippen LogP contribution in [0.15, 0.2) is 30.3 Å². The van der Waals surface area contributed by atoms with Crippen molar-refractivity contribution < 1.29 is 14.3 Å². The Morgan fingerprint density at radius 1 is 1.22 bits per heavy atom. The molecule has 0 atom stereocenters. The Balaban J connectivity index is 1.84. The lowest BCUT2D eigenvalue weighted by molar-refractivity contribution is -0.121. The minimum Gasteiger partial charge on any atom is -0.449 e. The van der Waals surface area contributed by atoms with Crippen LogP contribution < -0.4 is 0 Å². The standard InChI is InChI=1S/C19H27NO3/c1-2-3-14-20(17-9-11-18(21)12-10-17)19(22)23-15-13-16-7-5-4-6-8-16/h4-8,17H,2-3,9-15H2,1H3. The van der Waals surface area contributed by atoms with E-state index in [9.17, 15) is 9.59 Å². The van der Waals surface area contributed by atoms with E-state index in [4.69, 9.17) is 4.74 Å². The van der Waals surface area contributed by atoms with Crippen LogP contribution in [0.25, 0.3) is 0 Å². The van der Waals surface area contributed by atoms with Crippen LogP contribution in [-0.2, 0) is 16.0 Å². The van der Waals surface area contributed by atoms with Gasteiger partial charge in [0.15, 0.2) is 0 Å². The largest absolute Gasteiger partial charge is 0.449 e. The molecule has 0 bridgehead atoms. The lowest BCUT2D eigenvalue weighted by atomic mass is 9.93. The van der Waals surface area contributed by atoms with Crippen molar-refractivity contribution in [2.45, 2.75) is 57.9 Å². The summed E-state index contributed by atoms with van der Waals surface area (Å²) in [5.74, 6) is 0.314. The van der Waals surface area contributed by atoms with Crippen LogP contribution in [-0.4, -0.2) is 36.0 Å². The van der Waals surface area contributed by atoms with E-state index in [2.05, 4.69) is 6.92 Å². The number of rotatable bonds is 7. The third-order valence-corrected chi connectivity index (χ3v) is 4.40. The number of hydrogen-bond donors (Lipinski definition) is 0. The lowest BCUT2D eigenvalue weighted by Crippen LogP contribution is -2.43. The van der Waals surface area contributed by atoms with Crippen molar-refractivity contribution in [3.8, 4) is 0 Å². The third-order valence-electron chi connectivity index (χ3n) is 4.40. The van der Waals surface area contributed by atoms with Gasteiger partial charge in [-0.05, 0) is 24.8 Å². The zero-order valence-corrected chi connectivity index (χ0v) is 14.0. The van der Waals surface area contributed by atoms with E-state index in [0.29, 0.717) is 25.2 Å². The molecular formula is C19H27NO3. The van der Waals surface area contributed by atoms with Crippen molar-refractivity contribution in [1.82, 2.24) is 4.90 Å². The summed E-state index contributed by atoms with van der Waals surface area (Å²) in [6.45, 7) is 3.24. The van der Waals surface area contributed by atoms with Gasteiger partial charge in [0, 0.05) is 31.8 Å². The molecule has 1 amide bonds. The number of ether oxygens (including phenoxy) is 1. The molecule has 4 nitrogen and oxygen atoms in total. The minimum atomic E-state index is -0.228. The predicted molar refractivity (Wildman–Crippen MR) is 90.4 cm³/mol. The fraction of sp³-hybridized carbons (Fsp3) is 0.579. The van der Waals surface area contributed by atoms with Crippen molar-refractivity contribution >= 4 is 11.9 Å². The first-order chi connectivity index (χ1) is 11.2. The molecule has 1 aromatic carbocycles. The Morgan fingerprint density at radius 3 is 2.57 bits per heavy atom. The molecule has 0 aliphatic heterocycles. The third kappa shape index (κ3) is 5.70. The number of nitrogens with zero attached hydrogens (tertiary/aromatic N) is 1. The van der Waals surface area contributed by atoms with Gasteiger partial charge in [0.05, 0.1) is 6.61 Å². The van der Waals surface area contributed by atoms with Crippen molar-refractivity contribution in [1.29, 1.82) is 0 Å². The van der Waals surface area contributed by atoms with Gasteiger partial charge in [0.2, 0.25) is 0 Å². The molecule has 1 aliphatic rings. The smallest absolute Gasteiger partial charge is 0.410 e. The highest BCUT2D eigenvalue weighted by atomic mass is 16.6. The molecule has 0 heterocycles. The van der Waals surface area contributed by atoms with Gasteiger partial charge in [0.25, 0.3) is 0 Å². The minimum absolute atomic E-state index is 0.156. The fourth-order valence-electron chi connectivity index (χ4n) is 2.97. The molecule has 23 heavy (non-hydrogen) atoms. The lowest BCUT2D eigenvalue weighted by Gasteiger charge is -2.33. The highest BCUT2D eigenvalue weighted by molar-refractivity contribution is 5.79. The molecule has 2 rings (SSSR count). The molecule has 4 heteroatoms. The normalized spacial score (nSPS) is 15.4. The van der Waals surface area contributed by atoms with Crippen molar-refractivity contribution in [2.75, 3.05) is 13.2 Å². The molecule has 0 spiro atoms. The molecule has 0 saturated heterocycles. The highest BCUT2D eigenvalue weighted by Gasteiger charge is 2.28. The summed E-state index contributed by atoms with van der Waals surface area (Å²) >= 11 is 0. The molecule has 0 unspecified atom stereocenters. The quantitative estimate of drug-likeness (QED) is 0.764. The van der Waals surface area contributed by atoms with Gasteiger partial charge in [-0.3, -0.25) is 4.79 Å². The molecule has 1 saturated carbocycles. The topological polar surface area (TPSA) is 46.6 Å². The second-order valence-corrected chi connectivity index (χ2v) is 6.17. The Labute approximate surface area is 138 Å². The maximum Gasteiger partial charge on any atom is 0.410 e. The van der Waals surface area contributed by atoms with Crippen molar-refractivity contribution in [3.05, 3.63) is 35.9 Å². The van der Waals surface area contributed by atoms with Crippen LogP contribution in [0.2, 0.25) is 0 Å². The number of ketones is 1. The van der Waals surface area contributed by atoms with Gasteiger partial charge in [-0.15, -0.1) is 0 Å². The second-order valence-electron chi connectivity index (χ2n) is 6.17. The van der Waals surface area contributed by atoms with Crippen molar-refractivity contribution in [2.24, 2.45) is 0 Å². The highest BCUT2D eigenvalue weighted by Crippen LogP contribution is 2.22. The number of carbonyl (C=O) groups excluding carboxylic acids is 2. The summed E-state index contributed by atoms with van der Waals surface area (Å²) in [5.41, 5.74) is 1.17. The van der Waals surface area contributed by atoms with E-state index in [-0.39, 0.29) is 12.1 Å². The van der Waals surface area contributed by atoms with Gasteiger partial charge in [-0.1, -0.05) is 43.7 Å². The van der Waals surface area contributed by atoms with E-state index in [1.807, 2.05) is 35.2 Å². The number of unbranched alkanes of at least 4 members (excludes halogenated alkanes) is 1. The zero-order valence-electron chi connectivity index (χ0n) is 14.0. The molecule has 1 aliphatic carbocycles. The molecular weight excluding hydrogens is 290 g/mol. The van der Waals surface area contributed by atoms with E-state index >= 15 is 0 Å². The Morgan fingerprint density at radius 2 is 1.91 bits per heavy atom. The fourth-order valence-corrected chi connectivity index (χ4v) is 2.97. The van der Waals surface area contributed by atoms with Crippen LogP contribution >= 0.6 is 0 Å². The van der Waals surface area contributed by atoms with E-state index in [0.717, 1.165) is 38.6 Å². The van der Waals surface area contributed by atoms with Crippen LogP contribution in [0.1, 0.15) is 51.0 Å². The Bertz CT molecular complexity index is 491. The predicted octanol–water partition coefficient (Wildman–Crippen LogP) is 3.98. The van der Waals surface area contributed by atoms with Gasteiger partial charge in [0.1, 0.15) is 5.78 Å². The average molecular weight is 317 g/mol. The van der Waals surface area contributed by atoms with Gasteiger partial charge in [-0.2, -0.15) is 0 Å². The van der Waals surface area contributed by atoms with Gasteiger partial charge in [-0.25, -0.2) is 4.79 Å². The van der Waals surface area contributed by atoms with Crippen LogP contribution in [0.3, 0.4) is 0 Å². The SMILES string of the molecule is CCCCN(C(=O)OCCc1ccccc1)C1CCC(=O)CC1. The summed E-state index contributed by atoms with van der Waals surface area (Å²) in [6, 6.07) is 10.2. The van der Waals surface area contributed by atoms with E-state index in [1.165, 1.54) is 5.56 Å². The van der Waals surface area contributed by atoms with Crippen LogP contribution in [0.5, 0.6) is 0 Å². The first-order valence-electron chi connectivity index (χ1n) is 8.69. The van der Waals surface area contributed by atoms with E-state index < -0.39 is 0 Å². The van der Waals surface area contributed by atoms with Gasteiger partial charge >= 0.3 is 6.09 Å². The summed E-state index contributed by atoms with van der Waals surface area (Å²) in [7, 11) is 0. The maximum absolute atomic E-state index is 12.4. The molecule has 0 radical (unpaired) electrons. The number of Topliss-reactive ketones (excluding diaryl/α,β-unsaturated/α-hetero) is 1. The van der Waals surface area contributed by atoms with Crippen molar-refractivity contribution in [3.63, 3.8) is 0 Å². The first-order valence-corrected chi connectivity index (χ1v) is 8.69. The second kappa shape index (κ2) is 9.33. The Hall–Kier alpha value is -1.84. The molecule has 0 N–H and O–H groups in total. The molecule has 1 fully saturated rings. The number of benzene rings is 1. The molecule has 126 valence electrons.